The van der Waals surface area contributed by atoms with E-state index in [1.807, 2.05) is 44.9 Å². The van der Waals surface area contributed by atoms with E-state index < -0.39 is 0 Å². The van der Waals surface area contributed by atoms with E-state index in [0.29, 0.717) is 0 Å². The first-order valence-corrected chi connectivity index (χ1v) is 5.45. The number of nitrogens with two attached hydrogens (primary N) is 1. The average molecular weight is 223 g/mol. The van der Waals surface area contributed by atoms with E-state index in [2.05, 4.69) is 4.98 Å². The first kappa shape index (κ1) is 12.9. The van der Waals surface area contributed by atoms with Crippen molar-refractivity contribution in [3.05, 3.63) is 23.9 Å². The second-order valence-corrected chi connectivity index (χ2v) is 4.73. The van der Waals surface area contributed by atoms with Crippen LogP contribution in [0.1, 0.15) is 32.4 Å². The van der Waals surface area contributed by atoms with E-state index in [9.17, 15) is 5.11 Å². The molecule has 1 aromatic rings. The molecule has 1 aromatic heterocycles. The van der Waals surface area contributed by atoms with Crippen molar-refractivity contribution >= 4 is 5.82 Å². The highest BCUT2D eigenvalue weighted by Crippen LogP contribution is 2.26. The molecule has 0 spiro atoms. The number of hydrogen-bond acceptors (Lipinski definition) is 4. The second-order valence-electron chi connectivity index (χ2n) is 4.73. The zero-order valence-corrected chi connectivity index (χ0v) is 10.4. The average Bonchev–Trinajstić information content (AvgIpc) is 2.28. The second kappa shape index (κ2) is 4.80. The van der Waals surface area contributed by atoms with Crippen LogP contribution in [0.3, 0.4) is 0 Å². The predicted molar refractivity (Wildman–Crippen MR) is 66.4 cm³/mol. The predicted octanol–water partition coefficient (Wildman–Crippen LogP) is 1.31. The van der Waals surface area contributed by atoms with Gasteiger partial charge >= 0.3 is 0 Å². The summed E-state index contributed by atoms with van der Waals surface area (Å²) in [4.78, 5) is 6.31. The molecule has 16 heavy (non-hydrogen) atoms. The van der Waals surface area contributed by atoms with Crippen molar-refractivity contribution in [3.8, 4) is 0 Å². The molecule has 0 aliphatic heterocycles. The Balaban J connectivity index is 3.13. The highest BCUT2D eigenvalue weighted by Gasteiger charge is 2.25. The molecule has 1 atom stereocenters. The molecule has 0 aromatic carbocycles. The van der Waals surface area contributed by atoms with Gasteiger partial charge in [0.2, 0.25) is 0 Å². The van der Waals surface area contributed by atoms with E-state index in [1.54, 1.807) is 6.20 Å². The zero-order chi connectivity index (χ0) is 12.3. The number of nitrogens with zero attached hydrogens (tertiary/aromatic N) is 2. The fourth-order valence-corrected chi connectivity index (χ4v) is 1.44. The maximum Gasteiger partial charge on any atom is 0.133 e. The summed E-state index contributed by atoms with van der Waals surface area (Å²) in [5.74, 6) is 0.830. The molecule has 0 aliphatic carbocycles. The lowest BCUT2D eigenvalue weighted by molar-refractivity contribution is 0.215. The number of pyridine rings is 1. The van der Waals surface area contributed by atoms with Gasteiger partial charge in [-0.15, -0.1) is 0 Å². The number of rotatable bonds is 4. The maximum absolute atomic E-state index is 9.35. The summed E-state index contributed by atoms with van der Waals surface area (Å²) >= 11 is 0. The summed E-state index contributed by atoms with van der Waals surface area (Å²) in [6.07, 6.45) is 1.74. The lowest BCUT2D eigenvalue weighted by atomic mass is 10.0. The first-order chi connectivity index (χ1) is 7.40. The number of aliphatic hydroxyl groups excluding tert-OH is 1. The molecule has 90 valence electrons. The number of aliphatic hydroxyl groups is 1. The summed E-state index contributed by atoms with van der Waals surface area (Å²) in [6, 6.07) is 3.78. The molecule has 3 N–H and O–H groups in total. The van der Waals surface area contributed by atoms with E-state index in [4.69, 9.17) is 5.73 Å². The fraction of sp³-hybridized carbons (Fsp3) is 0.583. The van der Waals surface area contributed by atoms with Crippen molar-refractivity contribution in [1.29, 1.82) is 0 Å². The zero-order valence-electron chi connectivity index (χ0n) is 10.4. The van der Waals surface area contributed by atoms with Crippen molar-refractivity contribution in [1.82, 2.24) is 4.98 Å². The monoisotopic (exact) mass is 223 g/mol. The normalized spacial score (nSPS) is 13.6. The third kappa shape index (κ3) is 2.51. The van der Waals surface area contributed by atoms with Gasteiger partial charge in [-0.3, -0.25) is 0 Å². The molecule has 4 heteroatoms. The summed E-state index contributed by atoms with van der Waals surface area (Å²) in [7, 11) is 1.92. The Labute approximate surface area is 97.1 Å². The van der Waals surface area contributed by atoms with Crippen molar-refractivity contribution in [2.45, 2.75) is 32.4 Å². The SMILES string of the molecule is C[C@@H](N)c1cccnc1N(C)C(C)(C)CO. The van der Waals surface area contributed by atoms with Crippen LogP contribution in [-0.2, 0) is 0 Å². The van der Waals surface area contributed by atoms with Crippen molar-refractivity contribution in [2.75, 3.05) is 18.6 Å². The highest BCUT2D eigenvalue weighted by atomic mass is 16.3. The molecule has 1 heterocycles. The van der Waals surface area contributed by atoms with E-state index >= 15 is 0 Å². The van der Waals surface area contributed by atoms with Gasteiger partial charge in [-0.25, -0.2) is 4.98 Å². The van der Waals surface area contributed by atoms with Gasteiger partial charge in [-0.1, -0.05) is 6.07 Å². The van der Waals surface area contributed by atoms with Crippen LogP contribution < -0.4 is 10.6 Å². The minimum Gasteiger partial charge on any atom is -0.394 e. The third-order valence-electron chi connectivity index (χ3n) is 2.92. The van der Waals surface area contributed by atoms with Gasteiger partial charge in [0, 0.05) is 24.8 Å². The number of hydrogen-bond donors (Lipinski definition) is 2. The van der Waals surface area contributed by atoms with Gasteiger partial charge in [0.25, 0.3) is 0 Å². The Morgan fingerprint density at radius 2 is 2.19 bits per heavy atom. The molecule has 0 amide bonds. The molecule has 4 nitrogen and oxygen atoms in total. The van der Waals surface area contributed by atoms with Crippen molar-refractivity contribution < 1.29 is 5.11 Å². The van der Waals surface area contributed by atoms with Crippen LogP contribution in [0.4, 0.5) is 5.82 Å². The Morgan fingerprint density at radius 3 is 2.69 bits per heavy atom. The van der Waals surface area contributed by atoms with E-state index in [-0.39, 0.29) is 18.2 Å². The Hall–Kier alpha value is -1.13. The van der Waals surface area contributed by atoms with Crippen molar-refractivity contribution in [3.63, 3.8) is 0 Å². The van der Waals surface area contributed by atoms with Crippen LogP contribution in [0.5, 0.6) is 0 Å². The van der Waals surface area contributed by atoms with Crippen LogP contribution in [0.25, 0.3) is 0 Å². The molecule has 0 fully saturated rings. The van der Waals surface area contributed by atoms with Crippen LogP contribution in [-0.4, -0.2) is 29.3 Å². The summed E-state index contributed by atoms with van der Waals surface area (Å²) in [6.45, 7) is 5.93. The molecule has 1 rings (SSSR count). The van der Waals surface area contributed by atoms with Gasteiger partial charge in [-0.05, 0) is 26.8 Å². The topological polar surface area (TPSA) is 62.4 Å². The lowest BCUT2D eigenvalue weighted by Gasteiger charge is -2.36. The van der Waals surface area contributed by atoms with Gasteiger partial charge in [-0.2, -0.15) is 0 Å². The summed E-state index contributed by atoms with van der Waals surface area (Å²) in [5, 5.41) is 9.35. The van der Waals surface area contributed by atoms with Gasteiger partial charge in [0.05, 0.1) is 12.1 Å². The van der Waals surface area contributed by atoms with E-state index in [0.717, 1.165) is 11.4 Å². The minimum atomic E-state index is -0.349. The molecule has 0 saturated carbocycles. The highest BCUT2D eigenvalue weighted by molar-refractivity contribution is 5.49. The Morgan fingerprint density at radius 1 is 1.56 bits per heavy atom. The number of aromatic nitrogens is 1. The van der Waals surface area contributed by atoms with Gasteiger partial charge < -0.3 is 15.7 Å². The molecule has 0 saturated heterocycles. The molecule has 0 bridgehead atoms. The Bertz CT molecular complexity index is 350. The molecular formula is C12H21N3O. The van der Waals surface area contributed by atoms with Gasteiger partial charge in [0.15, 0.2) is 0 Å². The van der Waals surface area contributed by atoms with Crippen molar-refractivity contribution in [2.24, 2.45) is 5.73 Å². The largest absolute Gasteiger partial charge is 0.394 e. The molecule has 0 aliphatic rings. The quantitative estimate of drug-likeness (QED) is 0.808. The summed E-state index contributed by atoms with van der Waals surface area (Å²) < 4.78 is 0. The van der Waals surface area contributed by atoms with Gasteiger partial charge in [0.1, 0.15) is 5.82 Å². The standard InChI is InChI=1S/C12H21N3O/c1-9(13)10-6-5-7-14-11(10)15(4)12(2,3)8-16/h5-7,9,16H,8,13H2,1-4H3/t9-/m1/s1. The third-order valence-corrected chi connectivity index (χ3v) is 2.92. The molecule has 0 radical (unpaired) electrons. The maximum atomic E-state index is 9.35. The number of likely N-dealkylation sites (N-methyl/N-ethyl adjacent to an activating group) is 1. The van der Waals surface area contributed by atoms with E-state index in [1.165, 1.54) is 0 Å². The first-order valence-electron chi connectivity index (χ1n) is 5.45. The number of anilines is 1. The smallest absolute Gasteiger partial charge is 0.133 e. The lowest BCUT2D eigenvalue weighted by Crippen LogP contribution is -2.45. The summed E-state index contributed by atoms with van der Waals surface area (Å²) in [5.41, 5.74) is 6.55. The van der Waals surface area contributed by atoms with Crippen LogP contribution >= 0.6 is 0 Å². The fourth-order valence-electron chi connectivity index (χ4n) is 1.44. The minimum absolute atomic E-state index is 0.0679. The molecular weight excluding hydrogens is 202 g/mol. The van der Waals surface area contributed by atoms with Crippen LogP contribution in [0, 0.1) is 0 Å². The van der Waals surface area contributed by atoms with Crippen LogP contribution in [0.15, 0.2) is 18.3 Å². The van der Waals surface area contributed by atoms with Crippen LogP contribution in [0.2, 0.25) is 0 Å². The Kier molecular flexibility index (Phi) is 3.88. The molecule has 0 unspecified atom stereocenters.